The molecule has 2 aromatic rings. The van der Waals surface area contributed by atoms with Crippen LogP contribution in [-0.4, -0.2) is 58.5 Å². The standard InChI is InChI=1S/C29H33NO8/c1-16-26(29(33)38-11-10-34-2)27(18-7-8-23(35-3)21(31)13-18)28-20(30-16)12-19(14-22(28)32)17-6-9-24(36-4)25(15-17)37-5/h6-9,13,15,19,27,30-31H,10-12,14H2,1-5H3/t19-,27+/m0/s1. The van der Waals surface area contributed by atoms with Crippen LogP contribution in [0.2, 0.25) is 0 Å². The number of dihydropyridines is 1. The zero-order valence-corrected chi connectivity index (χ0v) is 22.3. The van der Waals surface area contributed by atoms with Gasteiger partial charge in [0.1, 0.15) is 6.61 Å². The summed E-state index contributed by atoms with van der Waals surface area (Å²) in [5.74, 6) is -0.0191. The molecule has 9 heteroatoms. The molecule has 4 rings (SSSR count). The summed E-state index contributed by atoms with van der Waals surface area (Å²) in [5, 5.41) is 13.8. The van der Waals surface area contributed by atoms with Crippen molar-refractivity contribution in [3.8, 4) is 23.0 Å². The summed E-state index contributed by atoms with van der Waals surface area (Å²) in [6.45, 7) is 2.12. The lowest BCUT2D eigenvalue weighted by Crippen LogP contribution is -2.36. The Morgan fingerprint density at radius 1 is 0.921 bits per heavy atom. The topological polar surface area (TPSA) is 113 Å². The lowest BCUT2D eigenvalue weighted by Gasteiger charge is -2.36. The highest BCUT2D eigenvalue weighted by Crippen LogP contribution is 2.47. The molecule has 38 heavy (non-hydrogen) atoms. The molecule has 0 bridgehead atoms. The first-order chi connectivity index (χ1) is 18.3. The van der Waals surface area contributed by atoms with Crippen LogP contribution < -0.4 is 19.5 Å². The number of Topliss-reactive ketones (excluding diaryl/α,β-unsaturated/α-hetero) is 1. The second-order valence-electron chi connectivity index (χ2n) is 9.19. The lowest BCUT2D eigenvalue weighted by molar-refractivity contribution is -0.140. The maximum Gasteiger partial charge on any atom is 0.336 e. The van der Waals surface area contributed by atoms with Gasteiger partial charge in [-0.1, -0.05) is 12.1 Å². The highest BCUT2D eigenvalue weighted by molar-refractivity contribution is 6.04. The number of hydrogen-bond donors (Lipinski definition) is 2. The lowest BCUT2D eigenvalue weighted by atomic mass is 9.71. The first-order valence-electron chi connectivity index (χ1n) is 12.3. The Morgan fingerprint density at radius 2 is 1.61 bits per heavy atom. The molecule has 9 nitrogen and oxygen atoms in total. The summed E-state index contributed by atoms with van der Waals surface area (Å²) in [6, 6.07) is 10.6. The van der Waals surface area contributed by atoms with Gasteiger partial charge < -0.3 is 34.1 Å². The second kappa shape index (κ2) is 11.6. The zero-order chi connectivity index (χ0) is 27.4. The molecule has 1 aliphatic heterocycles. The van der Waals surface area contributed by atoms with Crippen molar-refractivity contribution < 1.29 is 38.4 Å². The number of phenols is 1. The van der Waals surface area contributed by atoms with E-state index in [1.165, 1.54) is 20.3 Å². The number of nitrogens with one attached hydrogen (secondary N) is 1. The van der Waals surface area contributed by atoms with Gasteiger partial charge in [-0.2, -0.15) is 0 Å². The smallest absolute Gasteiger partial charge is 0.336 e. The van der Waals surface area contributed by atoms with Crippen LogP contribution in [0, 0.1) is 0 Å². The number of phenolic OH excluding ortho intramolecular Hbond substituents is 1. The molecule has 1 heterocycles. The average molecular weight is 524 g/mol. The third kappa shape index (κ3) is 5.19. The van der Waals surface area contributed by atoms with Gasteiger partial charge in [0.2, 0.25) is 0 Å². The van der Waals surface area contributed by atoms with E-state index in [1.807, 2.05) is 18.2 Å². The van der Waals surface area contributed by atoms with Crippen LogP contribution in [0.4, 0.5) is 0 Å². The summed E-state index contributed by atoms with van der Waals surface area (Å²) < 4.78 is 26.5. The predicted molar refractivity (Wildman–Crippen MR) is 140 cm³/mol. The van der Waals surface area contributed by atoms with Crippen LogP contribution in [-0.2, 0) is 19.1 Å². The summed E-state index contributed by atoms with van der Waals surface area (Å²) in [4.78, 5) is 27.0. The molecule has 0 radical (unpaired) electrons. The van der Waals surface area contributed by atoms with Crippen molar-refractivity contribution >= 4 is 11.8 Å². The highest BCUT2D eigenvalue weighted by atomic mass is 16.6. The van der Waals surface area contributed by atoms with E-state index in [2.05, 4.69) is 5.32 Å². The minimum absolute atomic E-state index is 0.0773. The molecule has 0 saturated heterocycles. The molecule has 2 N–H and O–H groups in total. The maximum absolute atomic E-state index is 13.8. The van der Waals surface area contributed by atoms with E-state index in [9.17, 15) is 14.7 Å². The molecule has 2 aliphatic rings. The quantitative estimate of drug-likeness (QED) is 0.372. The van der Waals surface area contributed by atoms with E-state index < -0.39 is 11.9 Å². The van der Waals surface area contributed by atoms with E-state index in [4.69, 9.17) is 23.7 Å². The summed E-state index contributed by atoms with van der Waals surface area (Å²) >= 11 is 0. The van der Waals surface area contributed by atoms with Crippen LogP contribution in [0.3, 0.4) is 0 Å². The minimum atomic E-state index is -0.711. The zero-order valence-electron chi connectivity index (χ0n) is 22.3. The van der Waals surface area contributed by atoms with E-state index in [0.717, 1.165) is 11.3 Å². The van der Waals surface area contributed by atoms with Gasteiger partial charge in [0.05, 0.1) is 33.5 Å². The second-order valence-corrected chi connectivity index (χ2v) is 9.19. The first kappa shape index (κ1) is 27.1. The molecule has 1 aliphatic carbocycles. The Balaban J connectivity index is 1.76. The third-order valence-corrected chi connectivity index (χ3v) is 6.98. The Labute approximate surface area is 222 Å². The SMILES string of the molecule is COCCOC(=O)C1=C(C)NC2=C(C(=O)C[C@@H](c3ccc(OC)c(OC)c3)C2)[C@@H]1c1ccc(OC)c(O)c1. The van der Waals surface area contributed by atoms with Crippen molar-refractivity contribution in [3.63, 3.8) is 0 Å². The maximum atomic E-state index is 13.8. The molecule has 0 fully saturated rings. The number of hydrogen-bond acceptors (Lipinski definition) is 9. The fraction of sp³-hybridized carbons (Fsp3) is 0.379. The number of aromatic hydroxyl groups is 1. The Morgan fingerprint density at radius 3 is 2.26 bits per heavy atom. The van der Waals surface area contributed by atoms with Crippen molar-refractivity contribution in [1.29, 1.82) is 0 Å². The van der Waals surface area contributed by atoms with Gasteiger partial charge in [-0.15, -0.1) is 0 Å². The number of rotatable bonds is 9. The number of esters is 1. The average Bonchev–Trinajstić information content (AvgIpc) is 2.91. The summed E-state index contributed by atoms with van der Waals surface area (Å²) in [5.41, 5.74) is 3.69. The Kier molecular flexibility index (Phi) is 8.26. The fourth-order valence-corrected chi connectivity index (χ4v) is 5.17. The monoisotopic (exact) mass is 523 g/mol. The molecule has 0 unspecified atom stereocenters. The van der Waals surface area contributed by atoms with E-state index in [1.54, 1.807) is 33.3 Å². The molecule has 0 amide bonds. The molecule has 202 valence electrons. The van der Waals surface area contributed by atoms with Gasteiger partial charge in [0, 0.05) is 36.4 Å². The summed E-state index contributed by atoms with van der Waals surface area (Å²) in [6.07, 6.45) is 0.804. The third-order valence-electron chi connectivity index (χ3n) is 6.98. The van der Waals surface area contributed by atoms with Crippen molar-refractivity contribution in [2.45, 2.75) is 31.6 Å². The highest BCUT2D eigenvalue weighted by Gasteiger charge is 2.41. The predicted octanol–water partition coefficient (Wildman–Crippen LogP) is 3.97. The van der Waals surface area contributed by atoms with Crippen molar-refractivity contribution in [1.82, 2.24) is 5.32 Å². The Hall–Kier alpha value is -3.98. The molecule has 0 aromatic heterocycles. The van der Waals surface area contributed by atoms with Gasteiger partial charge in [-0.3, -0.25) is 4.79 Å². The first-order valence-corrected chi connectivity index (χ1v) is 12.3. The van der Waals surface area contributed by atoms with Crippen molar-refractivity contribution in [3.05, 3.63) is 70.1 Å². The molecule has 0 spiro atoms. The van der Waals surface area contributed by atoms with Gasteiger partial charge in [-0.05, 0) is 54.7 Å². The van der Waals surface area contributed by atoms with Crippen molar-refractivity contribution in [2.75, 3.05) is 41.7 Å². The van der Waals surface area contributed by atoms with Gasteiger partial charge in [0.15, 0.2) is 28.8 Å². The van der Waals surface area contributed by atoms with E-state index >= 15 is 0 Å². The molecule has 2 atom stereocenters. The van der Waals surface area contributed by atoms with Crippen molar-refractivity contribution in [2.24, 2.45) is 0 Å². The largest absolute Gasteiger partial charge is 0.504 e. The minimum Gasteiger partial charge on any atom is -0.504 e. The number of ketones is 1. The summed E-state index contributed by atoms with van der Waals surface area (Å²) in [7, 11) is 6.14. The van der Waals surface area contributed by atoms with E-state index in [0.29, 0.717) is 46.1 Å². The number of carbonyl (C=O) groups excluding carboxylic acids is 2. The Bertz CT molecular complexity index is 1300. The van der Waals surface area contributed by atoms with Gasteiger partial charge in [-0.25, -0.2) is 4.79 Å². The van der Waals surface area contributed by atoms with Crippen LogP contribution in [0.1, 0.15) is 42.7 Å². The fourth-order valence-electron chi connectivity index (χ4n) is 5.17. The van der Waals surface area contributed by atoms with Crippen LogP contribution in [0.15, 0.2) is 58.9 Å². The number of allylic oxidation sites excluding steroid dienone is 3. The normalized spacial score (nSPS) is 19.0. The number of benzene rings is 2. The molecule has 0 saturated carbocycles. The van der Waals surface area contributed by atoms with E-state index in [-0.39, 0.29) is 37.1 Å². The number of ether oxygens (including phenoxy) is 5. The van der Waals surface area contributed by atoms with Crippen LogP contribution >= 0.6 is 0 Å². The number of methoxy groups -OCH3 is 4. The van der Waals surface area contributed by atoms with Gasteiger partial charge in [0.25, 0.3) is 0 Å². The molecule has 2 aromatic carbocycles. The van der Waals surface area contributed by atoms with Crippen LogP contribution in [0.25, 0.3) is 0 Å². The molecular formula is C29H33NO8. The molecular weight excluding hydrogens is 490 g/mol. The number of carbonyl (C=O) groups is 2. The van der Waals surface area contributed by atoms with Gasteiger partial charge >= 0.3 is 5.97 Å². The van der Waals surface area contributed by atoms with Crippen LogP contribution in [0.5, 0.6) is 23.0 Å².